The first-order valence-corrected chi connectivity index (χ1v) is 14.7. The van der Waals surface area contributed by atoms with Crippen LogP contribution in [0.3, 0.4) is 0 Å². The Morgan fingerprint density at radius 2 is 1.54 bits per heavy atom. The number of alkyl halides is 3. The zero-order chi connectivity index (χ0) is 29.0. The molecule has 41 heavy (non-hydrogen) atoms. The molecule has 3 saturated heterocycles. The molecule has 6 rings (SSSR count). The van der Waals surface area contributed by atoms with Gasteiger partial charge < -0.3 is 19.4 Å². The van der Waals surface area contributed by atoms with E-state index in [9.17, 15) is 18.0 Å². The van der Waals surface area contributed by atoms with E-state index in [4.69, 9.17) is 4.74 Å². The molecule has 4 aliphatic rings. The molecule has 0 saturated carbocycles. The van der Waals surface area contributed by atoms with Crippen LogP contribution in [0.5, 0.6) is 0 Å². The average molecular weight is 573 g/mol. The Kier molecular flexibility index (Phi) is 7.07. The maximum Gasteiger partial charge on any atom is 0.451 e. The quantitative estimate of drug-likeness (QED) is 0.528. The molecule has 0 radical (unpaired) electrons. The van der Waals surface area contributed by atoms with Crippen molar-refractivity contribution < 1.29 is 22.7 Å². The van der Waals surface area contributed by atoms with Crippen LogP contribution >= 0.6 is 0 Å². The highest BCUT2D eigenvalue weighted by Gasteiger charge is 2.43. The number of fused-ring (bicyclic) bond motifs is 2. The number of piperazine rings is 1. The van der Waals surface area contributed by atoms with Crippen molar-refractivity contribution in [3.63, 3.8) is 0 Å². The largest absolute Gasteiger partial charge is 0.451 e. The van der Waals surface area contributed by atoms with Crippen LogP contribution in [0.2, 0.25) is 0 Å². The molecule has 0 atom stereocenters. The van der Waals surface area contributed by atoms with Gasteiger partial charge in [0.2, 0.25) is 5.82 Å². The molecule has 222 valence electrons. The smallest absolute Gasteiger partial charge is 0.444 e. The van der Waals surface area contributed by atoms with Crippen molar-refractivity contribution in [1.29, 1.82) is 0 Å². The first-order chi connectivity index (χ1) is 19.4. The highest BCUT2D eigenvalue weighted by Crippen LogP contribution is 2.46. The minimum Gasteiger partial charge on any atom is -0.444 e. The summed E-state index contributed by atoms with van der Waals surface area (Å²) in [6.45, 7) is 10.7. The maximum atomic E-state index is 13.9. The Bertz CT molecular complexity index is 1270. The Labute approximate surface area is 239 Å². The molecule has 0 bridgehead atoms. The minimum absolute atomic E-state index is 0.119. The second kappa shape index (κ2) is 10.3. The van der Waals surface area contributed by atoms with E-state index in [1.807, 2.05) is 30.6 Å². The van der Waals surface area contributed by atoms with Gasteiger partial charge >= 0.3 is 12.3 Å². The number of aryl methyl sites for hydroxylation is 1. The van der Waals surface area contributed by atoms with Crippen LogP contribution in [0.15, 0.2) is 30.3 Å². The van der Waals surface area contributed by atoms with Crippen LogP contribution in [0.4, 0.5) is 29.6 Å². The molecule has 1 aromatic carbocycles. The lowest BCUT2D eigenvalue weighted by molar-refractivity contribution is -0.144. The number of hydrogen-bond donors (Lipinski definition) is 0. The average Bonchev–Trinajstić information content (AvgIpc) is 3.25. The third-order valence-electron chi connectivity index (χ3n) is 9.13. The van der Waals surface area contributed by atoms with E-state index in [0.29, 0.717) is 64.0 Å². The third-order valence-corrected chi connectivity index (χ3v) is 9.13. The Morgan fingerprint density at radius 3 is 2.17 bits per heavy atom. The summed E-state index contributed by atoms with van der Waals surface area (Å²) >= 11 is 0. The fourth-order valence-electron chi connectivity index (χ4n) is 6.79. The molecule has 1 spiro atoms. The lowest BCUT2D eigenvalue weighted by atomic mass is 9.74. The number of piperidine rings is 1. The summed E-state index contributed by atoms with van der Waals surface area (Å²) in [5, 5.41) is 0. The number of carbonyl (C=O) groups is 1. The summed E-state index contributed by atoms with van der Waals surface area (Å²) in [6.07, 6.45) is -0.935. The Morgan fingerprint density at radius 1 is 0.902 bits per heavy atom. The molecule has 0 unspecified atom stereocenters. The molecule has 3 fully saturated rings. The van der Waals surface area contributed by atoms with Crippen LogP contribution in [-0.4, -0.2) is 89.9 Å². The number of nitrogens with zero attached hydrogens (tertiary/aromatic N) is 6. The monoisotopic (exact) mass is 572 g/mol. The molecule has 0 N–H and O–H groups in total. The third kappa shape index (κ3) is 5.69. The molecule has 2 aromatic rings. The first kappa shape index (κ1) is 28.1. The summed E-state index contributed by atoms with van der Waals surface area (Å²) in [5.74, 6) is -0.388. The summed E-state index contributed by atoms with van der Waals surface area (Å²) in [6, 6.07) is 10.5. The lowest BCUT2D eigenvalue weighted by Crippen LogP contribution is -2.64. The number of ether oxygens (including phenoxy) is 1. The summed E-state index contributed by atoms with van der Waals surface area (Å²) < 4.78 is 47.1. The fraction of sp³-hybridized carbons (Fsp3) is 0.633. The highest BCUT2D eigenvalue weighted by atomic mass is 19.4. The van der Waals surface area contributed by atoms with Gasteiger partial charge in [-0.3, -0.25) is 4.90 Å². The number of benzene rings is 1. The normalized spacial score (nSPS) is 21.7. The van der Waals surface area contributed by atoms with E-state index >= 15 is 0 Å². The van der Waals surface area contributed by atoms with Gasteiger partial charge in [-0.25, -0.2) is 14.8 Å². The molecule has 3 aliphatic heterocycles. The van der Waals surface area contributed by atoms with Crippen molar-refractivity contribution in [2.75, 3.05) is 62.2 Å². The van der Waals surface area contributed by atoms with Gasteiger partial charge in [-0.05, 0) is 63.0 Å². The van der Waals surface area contributed by atoms with Gasteiger partial charge in [0.05, 0.1) is 0 Å². The maximum absolute atomic E-state index is 13.9. The van der Waals surface area contributed by atoms with Crippen molar-refractivity contribution in [2.45, 2.75) is 69.7 Å². The molecular weight excluding hydrogens is 533 g/mol. The number of hydrogen-bond acceptors (Lipinski definition) is 7. The number of anilines is 2. The Balaban J connectivity index is 1.10. The number of carbonyl (C=O) groups excluding carboxylic acids is 1. The van der Waals surface area contributed by atoms with Crippen LogP contribution < -0.4 is 9.80 Å². The first-order valence-electron chi connectivity index (χ1n) is 14.7. The number of aromatic nitrogens is 2. The summed E-state index contributed by atoms with van der Waals surface area (Å²) in [4.78, 5) is 28.2. The SMILES string of the molecule is CC(C)(C)OC(=O)N1CCN(C2CN(c3cc(N4CCC5(CCc6ccccc65)CC4)nc(C(F)(F)F)n3)C2)CC1. The van der Waals surface area contributed by atoms with E-state index in [1.54, 1.807) is 11.0 Å². The highest BCUT2D eigenvalue weighted by molar-refractivity contribution is 5.68. The van der Waals surface area contributed by atoms with E-state index in [-0.39, 0.29) is 17.6 Å². The van der Waals surface area contributed by atoms with Crippen LogP contribution in [0.25, 0.3) is 0 Å². The summed E-state index contributed by atoms with van der Waals surface area (Å²) in [7, 11) is 0. The molecule has 8 nitrogen and oxygen atoms in total. The van der Waals surface area contributed by atoms with Crippen LogP contribution in [-0.2, 0) is 22.7 Å². The second-order valence-electron chi connectivity index (χ2n) is 12.9. The Hall–Kier alpha value is -3.08. The van der Waals surface area contributed by atoms with Crippen molar-refractivity contribution >= 4 is 17.7 Å². The van der Waals surface area contributed by atoms with Gasteiger partial charge in [-0.1, -0.05) is 24.3 Å². The molecule has 11 heteroatoms. The van der Waals surface area contributed by atoms with E-state index in [1.165, 1.54) is 11.1 Å². The van der Waals surface area contributed by atoms with Crippen molar-refractivity contribution in [1.82, 2.24) is 19.8 Å². The zero-order valence-electron chi connectivity index (χ0n) is 24.1. The van der Waals surface area contributed by atoms with Gasteiger partial charge in [-0.15, -0.1) is 0 Å². The summed E-state index contributed by atoms with van der Waals surface area (Å²) in [5.41, 5.74) is 2.40. The van der Waals surface area contributed by atoms with Crippen molar-refractivity contribution in [2.24, 2.45) is 0 Å². The standard InChI is InChI=1S/C30H39F3N6O2/c1-28(2,3)41-27(40)38-16-14-36(15-17-38)22-19-39(20-22)25-18-24(34-26(35-25)30(31,32)33)37-12-10-29(11-13-37)9-8-21-6-4-5-7-23(21)29/h4-7,18,22H,8-17,19-20H2,1-3H3. The van der Waals surface area contributed by atoms with E-state index in [0.717, 1.165) is 25.7 Å². The van der Waals surface area contributed by atoms with Crippen molar-refractivity contribution in [3.05, 3.63) is 47.3 Å². The van der Waals surface area contributed by atoms with Gasteiger partial charge in [0, 0.05) is 64.5 Å². The van der Waals surface area contributed by atoms with Crippen LogP contribution in [0.1, 0.15) is 57.0 Å². The van der Waals surface area contributed by atoms with E-state index < -0.39 is 17.6 Å². The van der Waals surface area contributed by atoms with E-state index in [2.05, 4.69) is 39.1 Å². The number of rotatable bonds is 3. The van der Waals surface area contributed by atoms with Crippen molar-refractivity contribution in [3.8, 4) is 0 Å². The molecule has 1 aliphatic carbocycles. The minimum atomic E-state index is -4.62. The number of halogens is 3. The molecule has 4 heterocycles. The number of amides is 1. The van der Waals surface area contributed by atoms with Gasteiger partial charge in [0.15, 0.2) is 0 Å². The fourth-order valence-corrected chi connectivity index (χ4v) is 6.79. The zero-order valence-corrected chi connectivity index (χ0v) is 24.1. The van der Waals surface area contributed by atoms with Gasteiger partial charge in [0.25, 0.3) is 0 Å². The van der Waals surface area contributed by atoms with Crippen LogP contribution in [0, 0.1) is 0 Å². The predicted molar refractivity (Wildman–Crippen MR) is 150 cm³/mol. The molecule has 1 aromatic heterocycles. The van der Waals surface area contributed by atoms with Gasteiger partial charge in [0.1, 0.15) is 17.2 Å². The molecular formula is C30H39F3N6O2. The lowest BCUT2D eigenvalue weighted by Gasteiger charge is -2.48. The predicted octanol–water partition coefficient (Wildman–Crippen LogP) is 4.72. The van der Waals surface area contributed by atoms with Gasteiger partial charge in [-0.2, -0.15) is 13.2 Å². The topological polar surface area (TPSA) is 65.0 Å². The second-order valence-corrected chi connectivity index (χ2v) is 12.9. The molecule has 1 amide bonds.